The molecule has 0 bridgehead atoms. The third-order valence-electron chi connectivity index (χ3n) is 3.49. The maximum atomic E-state index is 12.3. The minimum absolute atomic E-state index is 0.0417. The van der Waals surface area contributed by atoms with Crippen LogP contribution in [0.1, 0.15) is 25.4 Å². The summed E-state index contributed by atoms with van der Waals surface area (Å²) in [6.45, 7) is 5.22. The van der Waals surface area contributed by atoms with Crippen molar-refractivity contribution in [2.45, 2.75) is 39.2 Å². The summed E-state index contributed by atoms with van der Waals surface area (Å²) in [5.41, 5.74) is 0. The summed E-state index contributed by atoms with van der Waals surface area (Å²) in [4.78, 5) is 0. The molecule has 1 fully saturated rings. The standard InChI is InChI=1S/C14H24N2O5S/c1-11-8-16(9-12(2)20-11)22(18,19)6-5-15-7-13-3-4-14(10-17)21-13/h3-4,11-12,15,17H,5-10H2,1-2H3/t11-,12-/m0/s1. The average molecular weight is 332 g/mol. The van der Waals surface area contributed by atoms with Crippen LogP contribution in [0, 0.1) is 0 Å². The number of nitrogens with zero attached hydrogens (tertiary/aromatic N) is 1. The number of hydrogen-bond donors (Lipinski definition) is 2. The van der Waals surface area contributed by atoms with Gasteiger partial charge in [-0.1, -0.05) is 0 Å². The summed E-state index contributed by atoms with van der Waals surface area (Å²) in [7, 11) is -3.28. The largest absolute Gasteiger partial charge is 0.462 e. The Bertz CT molecular complexity index is 562. The summed E-state index contributed by atoms with van der Waals surface area (Å²) >= 11 is 0. The molecular weight excluding hydrogens is 308 g/mol. The zero-order valence-corrected chi connectivity index (χ0v) is 13.8. The first-order valence-corrected chi connectivity index (χ1v) is 9.04. The lowest BCUT2D eigenvalue weighted by atomic mass is 10.3. The predicted octanol–water partition coefficient (Wildman–Crippen LogP) is 0.301. The number of rotatable bonds is 7. The van der Waals surface area contributed by atoms with Crippen LogP contribution < -0.4 is 5.32 Å². The summed E-state index contributed by atoms with van der Waals surface area (Å²) < 4.78 is 37.0. The van der Waals surface area contributed by atoms with Gasteiger partial charge in [0.25, 0.3) is 0 Å². The average Bonchev–Trinajstić information content (AvgIpc) is 2.90. The molecule has 22 heavy (non-hydrogen) atoms. The van der Waals surface area contributed by atoms with Gasteiger partial charge in [-0.25, -0.2) is 8.42 Å². The molecule has 0 saturated carbocycles. The molecule has 7 nitrogen and oxygen atoms in total. The van der Waals surface area contributed by atoms with Crippen molar-refractivity contribution in [3.63, 3.8) is 0 Å². The number of sulfonamides is 1. The Labute approximate surface area is 131 Å². The van der Waals surface area contributed by atoms with Gasteiger partial charge in [0, 0.05) is 19.6 Å². The first-order valence-electron chi connectivity index (χ1n) is 7.43. The smallest absolute Gasteiger partial charge is 0.215 e. The highest BCUT2D eigenvalue weighted by atomic mass is 32.2. The number of aliphatic hydroxyl groups excluding tert-OH is 1. The molecule has 126 valence electrons. The van der Waals surface area contributed by atoms with Crippen LogP contribution in [0.15, 0.2) is 16.5 Å². The van der Waals surface area contributed by atoms with Crippen molar-refractivity contribution in [2.24, 2.45) is 0 Å². The number of furan rings is 1. The Hall–Kier alpha value is -0.930. The van der Waals surface area contributed by atoms with E-state index >= 15 is 0 Å². The van der Waals surface area contributed by atoms with E-state index in [4.69, 9.17) is 14.3 Å². The van der Waals surface area contributed by atoms with Crippen molar-refractivity contribution in [1.29, 1.82) is 0 Å². The van der Waals surface area contributed by atoms with Gasteiger partial charge in [-0.3, -0.25) is 0 Å². The highest BCUT2D eigenvalue weighted by Crippen LogP contribution is 2.14. The SMILES string of the molecule is C[C@H]1CN(S(=O)(=O)CCNCc2ccc(CO)o2)C[C@H](C)O1. The van der Waals surface area contributed by atoms with E-state index < -0.39 is 10.0 Å². The molecule has 0 aromatic carbocycles. The molecular formula is C14H24N2O5S. The van der Waals surface area contributed by atoms with E-state index in [1.54, 1.807) is 12.1 Å². The van der Waals surface area contributed by atoms with Crippen LogP contribution in [-0.4, -0.2) is 55.4 Å². The Kier molecular flexibility index (Phi) is 5.99. The van der Waals surface area contributed by atoms with Crippen molar-refractivity contribution in [3.05, 3.63) is 23.7 Å². The van der Waals surface area contributed by atoms with E-state index in [0.29, 0.717) is 37.7 Å². The lowest BCUT2D eigenvalue weighted by Gasteiger charge is -2.34. The van der Waals surface area contributed by atoms with E-state index in [2.05, 4.69) is 5.32 Å². The van der Waals surface area contributed by atoms with Crippen LogP contribution in [0.3, 0.4) is 0 Å². The van der Waals surface area contributed by atoms with Gasteiger partial charge >= 0.3 is 0 Å². The molecule has 1 aliphatic heterocycles. The van der Waals surface area contributed by atoms with Gasteiger partial charge in [-0.2, -0.15) is 4.31 Å². The lowest BCUT2D eigenvalue weighted by Crippen LogP contribution is -2.49. The summed E-state index contributed by atoms with van der Waals surface area (Å²) in [6, 6.07) is 3.46. The summed E-state index contributed by atoms with van der Waals surface area (Å²) in [6.07, 6.45) is -0.155. The fourth-order valence-electron chi connectivity index (χ4n) is 2.50. The van der Waals surface area contributed by atoms with E-state index in [0.717, 1.165) is 0 Å². The van der Waals surface area contributed by atoms with Crippen LogP contribution in [0.5, 0.6) is 0 Å². The number of nitrogens with one attached hydrogen (secondary N) is 1. The first-order chi connectivity index (χ1) is 10.4. The van der Waals surface area contributed by atoms with E-state index in [9.17, 15) is 8.42 Å². The molecule has 0 radical (unpaired) electrons. The number of hydrogen-bond acceptors (Lipinski definition) is 6. The molecule has 2 rings (SSSR count). The van der Waals surface area contributed by atoms with E-state index in [1.807, 2.05) is 13.8 Å². The highest BCUT2D eigenvalue weighted by Gasteiger charge is 2.30. The number of ether oxygens (including phenoxy) is 1. The molecule has 0 amide bonds. The van der Waals surface area contributed by atoms with Crippen molar-refractivity contribution < 1.29 is 22.7 Å². The third-order valence-corrected chi connectivity index (χ3v) is 5.29. The van der Waals surface area contributed by atoms with Crippen LogP contribution in [-0.2, 0) is 27.9 Å². The van der Waals surface area contributed by atoms with Gasteiger partial charge in [0.2, 0.25) is 10.0 Å². The van der Waals surface area contributed by atoms with Crippen LogP contribution in [0.2, 0.25) is 0 Å². The topological polar surface area (TPSA) is 92.0 Å². The zero-order valence-electron chi connectivity index (χ0n) is 13.0. The van der Waals surface area contributed by atoms with Gasteiger partial charge in [0.1, 0.15) is 18.1 Å². The van der Waals surface area contributed by atoms with Crippen molar-refractivity contribution >= 4 is 10.0 Å². The van der Waals surface area contributed by atoms with E-state index in [-0.39, 0.29) is 24.6 Å². The fraction of sp³-hybridized carbons (Fsp3) is 0.714. The molecule has 8 heteroatoms. The Morgan fingerprint density at radius 1 is 1.27 bits per heavy atom. The van der Waals surface area contributed by atoms with Crippen molar-refractivity contribution in [2.75, 3.05) is 25.4 Å². The molecule has 1 aromatic heterocycles. The maximum absolute atomic E-state index is 12.3. The minimum Gasteiger partial charge on any atom is -0.462 e. The number of aliphatic hydroxyl groups is 1. The lowest BCUT2D eigenvalue weighted by molar-refractivity contribution is -0.0440. The molecule has 2 atom stereocenters. The summed E-state index contributed by atoms with van der Waals surface area (Å²) in [5, 5.41) is 12.0. The van der Waals surface area contributed by atoms with Gasteiger partial charge in [0.15, 0.2) is 0 Å². The Morgan fingerprint density at radius 2 is 1.91 bits per heavy atom. The molecule has 2 N–H and O–H groups in total. The van der Waals surface area contributed by atoms with Crippen molar-refractivity contribution in [3.8, 4) is 0 Å². The predicted molar refractivity (Wildman–Crippen MR) is 81.7 cm³/mol. The second kappa shape index (κ2) is 7.56. The minimum atomic E-state index is -3.28. The second-order valence-corrected chi connectivity index (χ2v) is 7.68. The third kappa shape index (κ3) is 4.79. The monoisotopic (exact) mass is 332 g/mol. The van der Waals surface area contributed by atoms with E-state index in [1.165, 1.54) is 4.31 Å². The second-order valence-electron chi connectivity index (χ2n) is 5.59. The normalized spacial score (nSPS) is 23.8. The fourth-order valence-corrected chi connectivity index (χ4v) is 4.04. The molecule has 0 unspecified atom stereocenters. The summed E-state index contributed by atoms with van der Waals surface area (Å²) in [5.74, 6) is 1.22. The number of morpholine rings is 1. The Balaban J connectivity index is 1.77. The highest BCUT2D eigenvalue weighted by molar-refractivity contribution is 7.89. The van der Waals surface area contributed by atoms with Crippen LogP contribution in [0.4, 0.5) is 0 Å². The van der Waals surface area contributed by atoms with Crippen LogP contribution in [0.25, 0.3) is 0 Å². The van der Waals surface area contributed by atoms with Crippen LogP contribution >= 0.6 is 0 Å². The molecule has 0 aliphatic carbocycles. The zero-order chi connectivity index (χ0) is 16.2. The van der Waals surface area contributed by atoms with Gasteiger partial charge in [-0.05, 0) is 26.0 Å². The molecule has 2 heterocycles. The van der Waals surface area contributed by atoms with Gasteiger partial charge < -0.3 is 19.6 Å². The molecule has 1 aromatic rings. The van der Waals surface area contributed by atoms with Crippen molar-refractivity contribution in [1.82, 2.24) is 9.62 Å². The molecule has 1 aliphatic rings. The quantitative estimate of drug-likeness (QED) is 0.698. The maximum Gasteiger partial charge on any atom is 0.215 e. The van der Waals surface area contributed by atoms with Gasteiger partial charge in [0.05, 0.1) is 24.5 Å². The molecule has 1 saturated heterocycles. The Morgan fingerprint density at radius 3 is 2.50 bits per heavy atom. The first kappa shape index (κ1) is 17.4. The van der Waals surface area contributed by atoms with Gasteiger partial charge in [-0.15, -0.1) is 0 Å². The molecule has 0 spiro atoms.